The summed E-state index contributed by atoms with van der Waals surface area (Å²) in [5.74, 6) is -1.69. The number of nitrogens with two attached hydrogens (primary N) is 1. The Morgan fingerprint density at radius 1 is 1.17 bits per heavy atom. The van der Waals surface area contributed by atoms with Crippen LogP contribution in [-0.2, 0) is 14.8 Å². The zero-order valence-corrected chi connectivity index (χ0v) is 13.1. The van der Waals surface area contributed by atoms with Crippen molar-refractivity contribution in [3.63, 3.8) is 0 Å². The van der Waals surface area contributed by atoms with Gasteiger partial charge in [-0.05, 0) is 37.3 Å². The summed E-state index contributed by atoms with van der Waals surface area (Å²) in [5, 5.41) is 19.2. The van der Waals surface area contributed by atoms with Crippen LogP contribution in [-0.4, -0.2) is 30.6 Å². The van der Waals surface area contributed by atoms with E-state index in [1.54, 1.807) is 0 Å². The van der Waals surface area contributed by atoms with Gasteiger partial charge in [0, 0.05) is 5.69 Å². The van der Waals surface area contributed by atoms with Gasteiger partial charge in [-0.15, -0.1) is 0 Å². The quantitative estimate of drug-likeness (QED) is 0.714. The predicted octanol–water partition coefficient (Wildman–Crippen LogP) is 1.64. The van der Waals surface area contributed by atoms with Crippen LogP contribution >= 0.6 is 0 Å². The van der Waals surface area contributed by atoms with Gasteiger partial charge in [-0.25, -0.2) is 17.5 Å². The number of aromatic hydroxyl groups is 1. The SMILES string of the molecule is CC(C(=O)O)N(c1ccccc1O)S(=O)(=O)c1cccc(N)c1. The van der Waals surface area contributed by atoms with E-state index >= 15 is 0 Å². The lowest BCUT2D eigenvalue weighted by Gasteiger charge is -2.28. The Morgan fingerprint density at radius 3 is 2.39 bits per heavy atom. The van der Waals surface area contributed by atoms with Gasteiger partial charge in [-0.2, -0.15) is 0 Å². The maximum absolute atomic E-state index is 12.9. The number of para-hydroxylation sites is 2. The van der Waals surface area contributed by atoms with Crippen molar-refractivity contribution in [1.82, 2.24) is 0 Å². The highest BCUT2D eigenvalue weighted by Crippen LogP contribution is 2.33. The number of benzene rings is 2. The lowest BCUT2D eigenvalue weighted by molar-refractivity contribution is -0.137. The van der Waals surface area contributed by atoms with Crippen LogP contribution in [0.3, 0.4) is 0 Å². The highest BCUT2D eigenvalue weighted by molar-refractivity contribution is 7.93. The van der Waals surface area contributed by atoms with Crippen molar-refractivity contribution in [2.24, 2.45) is 0 Å². The summed E-state index contributed by atoms with van der Waals surface area (Å²) >= 11 is 0. The van der Waals surface area contributed by atoms with E-state index < -0.39 is 22.0 Å². The standard InChI is InChI=1S/C15H16N2O5S/c1-10(15(19)20)17(13-7-2-3-8-14(13)18)23(21,22)12-6-4-5-11(16)9-12/h2-10,18H,16H2,1H3,(H,19,20). The van der Waals surface area contributed by atoms with Crippen molar-refractivity contribution in [2.45, 2.75) is 17.9 Å². The van der Waals surface area contributed by atoms with E-state index in [1.807, 2.05) is 0 Å². The maximum atomic E-state index is 12.9. The Balaban J connectivity index is 2.67. The summed E-state index contributed by atoms with van der Waals surface area (Å²) in [4.78, 5) is 11.2. The first-order chi connectivity index (χ1) is 10.7. The Bertz CT molecular complexity index is 835. The molecule has 1 atom stereocenters. The Morgan fingerprint density at radius 2 is 1.83 bits per heavy atom. The van der Waals surface area contributed by atoms with Gasteiger partial charge in [0.15, 0.2) is 0 Å². The molecule has 0 radical (unpaired) electrons. The Kier molecular flexibility index (Phi) is 4.46. The lowest BCUT2D eigenvalue weighted by atomic mass is 10.2. The molecule has 23 heavy (non-hydrogen) atoms. The number of nitrogen functional groups attached to an aromatic ring is 1. The number of hydrogen-bond acceptors (Lipinski definition) is 5. The van der Waals surface area contributed by atoms with E-state index in [9.17, 15) is 23.4 Å². The zero-order valence-electron chi connectivity index (χ0n) is 12.2. The van der Waals surface area contributed by atoms with E-state index in [0.717, 1.165) is 0 Å². The summed E-state index contributed by atoms with van der Waals surface area (Å²) in [5.41, 5.74) is 5.72. The van der Waals surface area contributed by atoms with E-state index in [2.05, 4.69) is 0 Å². The number of anilines is 2. The first kappa shape index (κ1) is 16.6. The van der Waals surface area contributed by atoms with Gasteiger partial charge in [-0.3, -0.25) is 0 Å². The molecule has 8 heteroatoms. The van der Waals surface area contributed by atoms with Gasteiger partial charge in [0.1, 0.15) is 11.8 Å². The molecule has 122 valence electrons. The van der Waals surface area contributed by atoms with Gasteiger partial charge >= 0.3 is 5.97 Å². The number of phenolic OH excluding ortho intramolecular Hbond substituents is 1. The number of sulfonamides is 1. The number of carbonyl (C=O) groups is 1. The van der Waals surface area contributed by atoms with Crippen LogP contribution in [0.1, 0.15) is 6.92 Å². The second kappa shape index (κ2) is 6.17. The molecule has 0 aromatic heterocycles. The van der Waals surface area contributed by atoms with Gasteiger partial charge < -0.3 is 15.9 Å². The molecule has 0 aliphatic rings. The molecule has 2 rings (SSSR count). The van der Waals surface area contributed by atoms with E-state index in [0.29, 0.717) is 4.31 Å². The van der Waals surface area contributed by atoms with Gasteiger partial charge in [0.2, 0.25) is 0 Å². The molecule has 0 saturated heterocycles. The number of phenols is 1. The highest BCUT2D eigenvalue weighted by atomic mass is 32.2. The van der Waals surface area contributed by atoms with Crippen LogP contribution in [0.2, 0.25) is 0 Å². The minimum absolute atomic E-state index is 0.121. The minimum Gasteiger partial charge on any atom is -0.506 e. The Hall–Kier alpha value is -2.74. The largest absolute Gasteiger partial charge is 0.506 e. The second-order valence-corrected chi connectivity index (χ2v) is 6.69. The number of carboxylic acids is 1. The molecular weight excluding hydrogens is 320 g/mol. The summed E-state index contributed by atoms with van der Waals surface area (Å²) < 4.78 is 26.4. The van der Waals surface area contributed by atoms with E-state index in [-0.39, 0.29) is 22.0 Å². The first-order valence-corrected chi connectivity index (χ1v) is 8.10. The molecule has 0 heterocycles. The highest BCUT2D eigenvalue weighted by Gasteiger charge is 2.34. The summed E-state index contributed by atoms with van der Waals surface area (Å²) in [6, 6.07) is 9.73. The molecule has 0 bridgehead atoms. The van der Waals surface area contributed by atoms with Crippen LogP contribution in [0.4, 0.5) is 11.4 Å². The third kappa shape index (κ3) is 3.21. The summed E-state index contributed by atoms with van der Waals surface area (Å²) in [6.45, 7) is 1.22. The number of hydrogen-bond donors (Lipinski definition) is 3. The van der Waals surface area contributed by atoms with Crippen molar-refractivity contribution in [2.75, 3.05) is 10.0 Å². The second-order valence-electron chi connectivity index (χ2n) is 4.88. The topological polar surface area (TPSA) is 121 Å². The monoisotopic (exact) mass is 336 g/mol. The fourth-order valence-electron chi connectivity index (χ4n) is 2.09. The van der Waals surface area contributed by atoms with Gasteiger partial charge in [0.25, 0.3) is 10.0 Å². The van der Waals surface area contributed by atoms with Crippen molar-refractivity contribution in [1.29, 1.82) is 0 Å². The number of carboxylic acid groups (broad SMARTS) is 1. The van der Waals surface area contributed by atoms with Crippen molar-refractivity contribution < 1.29 is 23.4 Å². The van der Waals surface area contributed by atoms with Crippen molar-refractivity contribution in [3.05, 3.63) is 48.5 Å². The molecule has 0 saturated carbocycles. The van der Waals surface area contributed by atoms with Gasteiger partial charge in [-0.1, -0.05) is 18.2 Å². The molecule has 4 N–H and O–H groups in total. The van der Waals surface area contributed by atoms with Crippen LogP contribution in [0, 0.1) is 0 Å². The third-order valence-corrected chi connectivity index (χ3v) is 5.12. The molecule has 0 spiro atoms. The molecule has 2 aromatic rings. The molecule has 0 aliphatic carbocycles. The zero-order chi connectivity index (χ0) is 17.2. The number of rotatable bonds is 5. The molecule has 0 amide bonds. The fourth-order valence-corrected chi connectivity index (χ4v) is 3.77. The fraction of sp³-hybridized carbons (Fsp3) is 0.133. The summed E-state index contributed by atoms with van der Waals surface area (Å²) in [6.07, 6.45) is 0. The average Bonchev–Trinajstić information content (AvgIpc) is 2.49. The molecule has 0 aliphatic heterocycles. The molecule has 2 aromatic carbocycles. The van der Waals surface area contributed by atoms with Crippen LogP contribution < -0.4 is 10.0 Å². The van der Waals surface area contributed by atoms with Crippen molar-refractivity contribution in [3.8, 4) is 5.75 Å². The number of aliphatic carboxylic acids is 1. The summed E-state index contributed by atoms with van der Waals surface area (Å²) in [7, 11) is -4.23. The van der Waals surface area contributed by atoms with E-state index in [4.69, 9.17) is 5.73 Å². The van der Waals surface area contributed by atoms with Gasteiger partial charge in [0.05, 0.1) is 10.6 Å². The van der Waals surface area contributed by atoms with Crippen molar-refractivity contribution >= 4 is 27.4 Å². The number of nitrogens with zero attached hydrogens (tertiary/aromatic N) is 1. The molecule has 1 unspecified atom stereocenters. The Labute approximate surface area is 133 Å². The van der Waals surface area contributed by atoms with Crippen LogP contribution in [0.25, 0.3) is 0 Å². The van der Waals surface area contributed by atoms with Crippen LogP contribution in [0.15, 0.2) is 53.4 Å². The molecule has 7 nitrogen and oxygen atoms in total. The first-order valence-electron chi connectivity index (χ1n) is 6.66. The van der Waals surface area contributed by atoms with Crippen LogP contribution in [0.5, 0.6) is 5.75 Å². The molecular formula is C15H16N2O5S. The minimum atomic E-state index is -4.23. The predicted molar refractivity (Wildman–Crippen MR) is 85.7 cm³/mol. The smallest absolute Gasteiger partial charge is 0.327 e. The third-order valence-electron chi connectivity index (χ3n) is 3.24. The maximum Gasteiger partial charge on any atom is 0.327 e. The average molecular weight is 336 g/mol. The lowest BCUT2D eigenvalue weighted by Crippen LogP contribution is -2.43. The molecule has 0 fully saturated rings. The van der Waals surface area contributed by atoms with E-state index in [1.165, 1.54) is 55.5 Å². The normalized spacial score (nSPS) is 12.6.